The Bertz CT molecular complexity index is 476. The highest BCUT2D eigenvalue weighted by Gasteiger charge is 2.24. The van der Waals surface area contributed by atoms with Gasteiger partial charge in [-0.15, -0.1) is 11.8 Å². The summed E-state index contributed by atoms with van der Waals surface area (Å²) in [4.78, 5) is 6.75. The zero-order valence-corrected chi connectivity index (χ0v) is 15.2. The van der Waals surface area contributed by atoms with E-state index in [-0.39, 0.29) is 0 Å². The second-order valence-electron chi connectivity index (χ2n) is 6.67. The van der Waals surface area contributed by atoms with Gasteiger partial charge in [0.1, 0.15) is 0 Å². The van der Waals surface area contributed by atoms with Crippen LogP contribution < -0.4 is 0 Å². The van der Waals surface area contributed by atoms with E-state index in [0.29, 0.717) is 0 Å². The summed E-state index contributed by atoms with van der Waals surface area (Å²) in [5, 5.41) is 0. The van der Waals surface area contributed by atoms with E-state index in [9.17, 15) is 0 Å². The molecule has 3 nitrogen and oxygen atoms in total. The first-order valence-electron chi connectivity index (χ1n) is 9.03. The van der Waals surface area contributed by atoms with Gasteiger partial charge in [0.05, 0.1) is 13.2 Å². The largest absolute Gasteiger partial charge is 0.379 e. The zero-order valence-electron chi connectivity index (χ0n) is 14.4. The van der Waals surface area contributed by atoms with Crippen LogP contribution in [0.3, 0.4) is 0 Å². The lowest BCUT2D eigenvalue weighted by Gasteiger charge is -2.37. The fraction of sp³-hybridized carbons (Fsp3) is 0.684. The van der Waals surface area contributed by atoms with Gasteiger partial charge in [0.15, 0.2) is 0 Å². The lowest BCUT2D eigenvalue weighted by Crippen LogP contribution is -2.43. The molecule has 2 fully saturated rings. The van der Waals surface area contributed by atoms with Crippen LogP contribution in [-0.4, -0.2) is 61.5 Å². The summed E-state index contributed by atoms with van der Waals surface area (Å²) in [6.45, 7) is 7.66. The third-order valence-corrected chi connectivity index (χ3v) is 6.04. The first kappa shape index (κ1) is 17.3. The molecule has 0 spiro atoms. The van der Waals surface area contributed by atoms with E-state index >= 15 is 0 Å². The van der Waals surface area contributed by atoms with Crippen LogP contribution in [0.5, 0.6) is 0 Å². The fourth-order valence-electron chi connectivity index (χ4n) is 3.80. The molecule has 2 saturated heterocycles. The number of nitrogens with zero attached hydrogens (tertiary/aromatic N) is 2. The SMILES string of the molecule is CSc1ccccc1CN1CCCCC1CCN1CCOCC1. The van der Waals surface area contributed by atoms with Crippen molar-refractivity contribution in [2.24, 2.45) is 0 Å². The number of morpholine rings is 1. The number of benzene rings is 1. The van der Waals surface area contributed by atoms with E-state index in [2.05, 4.69) is 40.3 Å². The maximum Gasteiger partial charge on any atom is 0.0594 e. The molecule has 0 amide bonds. The third kappa shape index (κ3) is 4.96. The zero-order chi connectivity index (χ0) is 15.9. The number of hydrogen-bond donors (Lipinski definition) is 0. The van der Waals surface area contributed by atoms with Crippen LogP contribution >= 0.6 is 11.8 Å². The molecule has 2 aliphatic rings. The van der Waals surface area contributed by atoms with E-state index in [1.165, 1.54) is 49.2 Å². The van der Waals surface area contributed by atoms with Crippen molar-refractivity contribution in [3.63, 3.8) is 0 Å². The van der Waals surface area contributed by atoms with Gasteiger partial charge in [-0.1, -0.05) is 24.6 Å². The second kappa shape index (κ2) is 9.07. The molecule has 1 unspecified atom stereocenters. The molecule has 2 aliphatic heterocycles. The molecule has 0 bridgehead atoms. The molecule has 0 radical (unpaired) electrons. The van der Waals surface area contributed by atoms with Crippen LogP contribution in [0.1, 0.15) is 31.2 Å². The minimum atomic E-state index is 0.751. The van der Waals surface area contributed by atoms with Gasteiger partial charge in [-0.3, -0.25) is 9.80 Å². The Morgan fingerprint density at radius 1 is 1.13 bits per heavy atom. The molecule has 0 aromatic heterocycles. The lowest BCUT2D eigenvalue weighted by atomic mass is 9.98. The molecule has 1 aromatic carbocycles. The average Bonchev–Trinajstić information content (AvgIpc) is 2.62. The standard InChI is InChI=1S/C19H30N2OS/c1-23-19-8-3-2-6-17(19)16-21-10-5-4-7-18(21)9-11-20-12-14-22-15-13-20/h2-3,6,8,18H,4-5,7,9-16H2,1H3. The number of rotatable bonds is 6. The monoisotopic (exact) mass is 334 g/mol. The van der Waals surface area contributed by atoms with Gasteiger partial charge in [0, 0.05) is 30.6 Å². The number of ether oxygens (including phenoxy) is 1. The van der Waals surface area contributed by atoms with Crippen LogP contribution in [0.25, 0.3) is 0 Å². The van der Waals surface area contributed by atoms with Crippen LogP contribution in [0.15, 0.2) is 29.2 Å². The van der Waals surface area contributed by atoms with E-state index in [1.807, 2.05) is 11.8 Å². The predicted molar refractivity (Wildman–Crippen MR) is 98.1 cm³/mol. The van der Waals surface area contributed by atoms with Crippen molar-refractivity contribution in [2.45, 2.75) is 43.2 Å². The Morgan fingerprint density at radius 2 is 1.96 bits per heavy atom. The van der Waals surface area contributed by atoms with Crippen molar-refractivity contribution in [3.05, 3.63) is 29.8 Å². The van der Waals surface area contributed by atoms with Gasteiger partial charge >= 0.3 is 0 Å². The molecule has 4 heteroatoms. The van der Waals surface area contributed by atoms with E-state index in [1.54, 1.807) is 0 Å². The molecule has 1 atom stereocenters. The highest BCUT2D eigenvalue weighted by molar-refractivity contribution is 7.98. The number of piperidine rings is 1. The van der Waals surface area contributed by atoms with Gasteiger partial charge in [-0.25, -0.2) is 0 Å². The Kier molecular flexibility index (Phi) is 6.81. The summed E-state index contributed by atoms with van der Waals surface area (Å²) >= 11 is 1.87. The molecular formula is C19H30N2OS. The second-order valence-corrected chi connectivity index (χ2v) is 7.52. The lowest BCUT2D eigenvalue weighted by molar-refractivity contribution is 0.0301. The van der Waals surface area contributed by atoms with Gasteiger partial charge in [-0.2, -0.15) is 0 Å². The topological polar surface area (TPSA) is 15.7 Å². The third-order valence-electron chi connectivity index (χ3n) is 5.20. The van der Waals surface area contributed by atoms with Gasteiger partial charge < -0.3 is 4.74 Å². The van der Waals surface area contributed by atoms with Gasteiger partial charge in [-0.05, 0) is 50.2 Å². The van der Waals surface area contributed by atoms with Crippen molar-refractivity contribution < 1.29 is 4.74 Å². The Labute approximate surface area is 145 Å². The van der Waals surface area contributed by atoms with Crippen molar-refractivity contribution in [1.82, 2.24) is 9.80 Å². The van der Waals surface area contributed by atoms with E-state index in [0.717, 1.165) is 38.9 Å². The highest BCUT2D eigenvalue weighted by atomic mass is 32.2. The van der Waals surface area contributed by atoms with Crippen LogP contribution in [0, 0.1) is 0 Å². The Hall–Kier alpha value is -0.550. The average molecular weight is 335 g/mol. The summed E-state index contributed by atoms with van der Waals surface area (Å²) < 4.78 is 5.46. The maximum absolute atomic E-state index is 5.46. The summed E-state index contributed by atoms with van der Waals surface area (Å²) in [6.07, 6.45) is 7.61. The number of thioether (sulfide) groups is 1. The van der Waals surface area contributed by atoms with Crippen LogP contribution in [0.4, 0.5) is 0 Å². The molecular weight excluding hydrogens is 304 g/mol. The minimum Gasteiger partial charge on any atom is -0.379 e. The molecule has 0 aliphatic carbocycles. The number of likely N-dealkylation sites (tertiary alicyclic amines) is 1. The minimum absolute atomic E-state index is 0.751. The first-order valence-corrected chi connectivity index (χ1v) is 10.3. The summed E-state index contributed by atoms with van der Waals surface area (Å²) in [6, 6.07) is 9.65. The summed E-state index contributed by atoms with van der Waals surface area (Å²) in [5.41, 5.74) is 1.50. The first-order chi connectivity index (χ1) is 11.4. The molecule has 2 heterocycles. The smallest absolute Gasteiger partial charge is 0.0594 e. The van der Waals surface area contributed by atoms with Crippen molar-refractivity contribution >= 4 is 11.8 Å². The van der Waals surface area contributed by atoms with Crippen LogP contribution in [-0.2, 0) is 11.3 Å². The normalized spacial score (nSPS) is 24.0. The van der Waals surface area contributed by atoms with E-state index < -0.39 is 0 Å². The van der Waals surface area contributed by atoms with Gasteiger partial charge in [0.25, 0.3) is 0 Å². The van der Waals surface area contributed by atoms with Crippen molar-refractivity contribution in [1.29, 1.82) is 0 Å². The number of hydrogen-bond acceptors (Lipinski definition) is 4. The molecule has 0 saturated carbocycles. The molecule has 3 rings (SSSR count). The predicted octanol–water partition coefficient (Wildman–Crippen LogP) is 3.49. The molecule has 23 heavy (non-hydrogen) atoms. The van der Waals surface area contributed by atoms with Crippen LogP contribution in [0.2, 0.25) is 0 Å². The maximum atomic E-state index is 5.46. The van der Waals surface area contributed by atoms with Gasteiger partial charge in [0.2, 0.25) is 0 Å². The fourth-order valence-corrected chi connectivity index (χ4v) is 4.41. The van der Waals surface area contributed by atoms with Crippen molar-refractivity contribution in [3.8, 4) is 0 Å². The Morgan fingerprint density at radius 3 is 2.78 bits per heavy atom. The van der Waals surface area contributed by atoms with Crippen molar-refractivity contribution in [2.75, 3.05) is 45.6 Å². The molecule has 128 valence electrons. The quantitative estimate of drug-likeness (QED) is 0.740. The Balaban J connectivity index is 1.57. The summed E-state index contributed by atoms with van der Waals surface area (Å²) in [5.74, 6) is 0. The van der Waals surface area contributed by atoms with E-state index in [4.69, 9.17) is 4.74 Å². The summed E-state index contributed by atoms with van der Waals surface area (Å²) in [7, 11) is 0. The highest BCUT2D eigenvalue weighted by Crippen LogP contribution is 2.26. The molecule has 1 aromatic rings. The molecule has 0 N–H and O–H groups in total.